The first kappa shape index (κ1) is 31.5. The molecule has 3 aromatic rings. The average Bonchev–Trinajstić information content (AvgIpc) is 2.96. The zero-order valence-electron chi connectivity index (χ0n) is 27.1. The van der Waals surface area contributed by atoms with E-state index in [0.29, 0.717) is 30.6 Å². The third-order valence-corrected chi connectivity index (χ3v) is 11.5. The summed E-state index contributed by atoms with van der Waals surface area (Å²) in [6, 6.07) is 25.5. The molecule has 4 saturated carbocycles. The highest BCUT2D eigenvalue weighted by Crippen LogP contribution is 2.63. The first-order valence-corrected chi connectivity index (χ1v) is 17.3. The van der Waals surface area contributed by atoms with Gasteiger partial charge in [0.15, 0.2) is 21.3 Å². The van der Waals surface area contributed by atoms with Crippen LogP contribution in [0.4, 0.5) is 4.79 Å². The van der Waals surface area contributed by atoms with E-state index in [0.717, 1.165) is 32.1 Å². The maximum absolute atomic E-state index is 12.9. The fraction of sp³-hybridized carbons (Fsp3) is 0.474. The molecule has 4 aliphatic carbocycles. The van der Waals surface area contributed by atoms with Crippen molar-refractivity contribution in [2.75, 3.05) is 13.2 Å². The van der Waals surface area contributed by atoms with Crippen LogP contribution in [0.2, 0.25) is 0 Å². The lowest BCUT2D eigenvalue weighted by molar-refractivity contribution is -0.196. The van der Waals surface area contributed by atoms with Gasteiger partial charge in [-0.2, -0.15) is 0 Å². The van der Waals surface area contributed by atoms with E-state index in [1.54, 1.807) is 0 Å². The number of esters is 1. The summed E-state index contributed by atoms with van der Waals surface area (Å²) in [5.74, 6) is 1.21. The predicted molar refractivity (Wildman–Crippen MR) is 175 cm³/mol. The highest BCUT2D eigenvalue weighted by atomic mass is 32.2. The molecule has 0 amide bonds. The Labute approximate surface area is 270 Å². The Kier molecular flexibility index (Phi) is 8.68. The zero-order chi connectivity index (χ0) is 31.8. The van der Waals surface area contributed by atoms with Crippen LogP contribution in [0.3, 0.4) is 0 Å². The van der Waals surface area contributed by atoms with Crippen molar-refractivity contribution >= 4 is 23.0 Å². The summed E-state index contributed by atoms with van der Waals surface area (Å²) in [6.45, 7) is 9.93. The first-order chi connectivity index (χ1) is 21.4. The molecule has 4 fully saturated rings. The van der Waals surface area contributed by atoms with Crippen LogP contribution >= 0.6 is 0 Å². The molecule has 7 heteroatoms. The maximum atomic E-state index is 12.9. The summed E-state index contributed by atoms with van der Waals surface area (Å²) in [4.78, 5) is 29.2. The van der Waals surface area contributed by atoms with Crippen molar-refractivity contribution < 1.29 is 28.5 Å². The van der Waals surface area contributed by atoms with Crippen LogP contribution < -0.4 is 4.74 Å². The molecule has 0 spiro atoms. The molecular formula is C38H45O6S+. The molecular weight excluding hydrogens is 584 g/mol. The first-order valence-electron chi connectivity index (χ1n) is 16.1. The molecule has 4 bridgehead atoms. The molecule has 3 aromatic carbocycles. The minimum atomic E-state index is -0.600. The van der Waals surface area contributed by atoms with Gasteiger partial charge in [0.25, 0.3) is 0 Å². The molecule has 0 aliphatic heterocycles. The van der Waals surface area contributed by atoms with Crippen molar-refractivity contribution in [2.24, 2.45) is 17.3 Å². The number of carbonyl (C=O) groups excluding carboxylic acids is 2. The standard InChI is InChI=1S/C38H45O6S/c1-26-6-12-31(13-7-26)45(32-14-8-27(2)9-15-32)33-16-10-30(11-17-33)41-23-34(39)42-25-37-19-28-18-29(20-37)22-38(21-28,24-37)44-35(40)43-36(3,4)5/h6-17,28-29H,18-25H2,1-5H3/q+1. The summed E-state index contributed by atoms with van der Waals surface area (Å²) in [7, 11) is -0.260. The predicted octanol–water partition coefficient (Wildman–Crippen LogP) is 8.61. The van der Waals surface area contributed by atoms with Crippen LogP contribution in [0.25, 0.3) is 0 Å². The Morgan fingerprint density at radius 2 is 1.29 bits per heavy atom. The van der Waals surface area contributed by atoms with Gasteiger partial charge in [-0.25, -0.2) is 9.59 Å². The number of hydrogen-bond donors (Lipinski definition) is 0. The number of hydrogen-bond acceptors (Lipinski definition) is 6. The number of aryl methyl sites for hydroxylation is 2. The van der Waals surface area contributed by atoms with Gasteiger partial charge < -0.3 is 18.9 Å². The summed E-state index contributed by atoms with van der Waals surface area (Å²) in [5.41, 5.74) is 1.19. The molecule has 2 unspecified atom stereocenters. The van der Waals surface area contributed by atoms with Gasteiger partial charge in [-0.05, 0) is 134 Å². The lowest BCUT2D eigenvalue weighted by Gasteiger charge is -2.60. The maximum Gasteiger partial charge on any atom is 0.509 e. The van der Waals surface area contributed by atoms with E-state index in [-0.39, 0.29) is 28.9 Å². The quantitative estimate of drug-likeness (QED) is 0.174. The second-order valence-electron chi connectivity index (χ2n) is 14.6. The summed E-state index contributed by atoms with van der Waals surface area (Å²) in [5, 5.41) is 0. The van der Waals surface area contributed by atoms with Crippen molar-refractivity contribution in [3.63, 3.8) is 0 Å². The summed E-state index contributed by atoms with van der Waals surface area (Å²) < 4.78 is 23.2. The van der Waals surface area contributed by atoms with Crippen LogP contribution in [0.15, 0.2) is 87.5 Å². The second kappa shape index (κ2) is 12.4. The van der Waals surface area contributed by atoms with Crippen LogP contribution in [-0.2, 0) is 29.9 Å². The molecule has 7 rings (SSSR count). The van der Waals surface area contributed by atoms with Crippen molar-refractivity contribution in [3.05, 3.63) is 83.9 Å². The Morgan fingerprint density at radius 3 is 1.80 bits per heavy atom. The SMILES string of the molecule is Cc1ccc([S+](c2ccc(C)cc2)c2ccc(OCC(=O)OCC34CC5CC(C3)CC(OC(=O)OC(C)(C)C)(C5)C4)cc2)cc1. The van der Waals surface area contributed by atoms with E-state index in [2.05, 4.69) is 74.5 Å². The fourth-order valence-corrected chi connectivity index (χ4v) is 9.99. The van der Waals surface area contributed by atoms with Gasteiger partial charge in [-0.15, -0.1) is 0 Å². The second-order valence-corrected chi connectivity index (χ2v) is 16.6. The van der Waals surface area contributed by atoms with Crippen LogP contribution in [-0.4, -0.2) is 36.5 Å². The largest absolute Gasteiger partial charge is 0.509 e. The number of carbonyl (C=O) groups is 2. The summed E-state index contributed by atoms with van der Waals surface area (Å²) in [6.07, 6.45) is 5.01. The Hall–Kier alpha value is -3.45. The van der Waals surface area contributed by atoms with E-state index < -0.39 is 17.4 Å². The lowest BCUT2D eigenvalue weighted by Crippen LogP contribution is -2.59. The van der Waals surface area contributed by atoms with Gasteiger partial charge in [-0.3, -0.25) is 0 Å². The minimum Gasteiger partial charge on any atom is -0.482 e. The Bertz CT molecular complexity index is 1450. The van der Waals surface area contributed by atoms with Crippen molar-refractivity contribution in [1.29, 1.82) is 0 Å². The topological polar surface area (TPSA) is 71.1 Å². The molecule has 4 aliphatic rings. The van der Waals surface area contributed by atoms with Crippen LogP contribution in [0.1, 0.15) is 70.4 Å². The molecule has 0 heterocycles. The van der Waals surface area contributed by atoms with Gasteiger partial charge in [0.2, 0.25) is 0 Å². The summed E-state index contributed by atoms with van der Waals surface area (Å²) >= 11 is 0. The minimum absolute atomic E-state index is 0.149. The molecule has 238 valence electrons. The Balaban J connectivity index is 1.06. The average molecular weight is 630 g/mol. The molecule has 0 saturated heterocycles. The molecule has 45 heavy (non-hydrogen) atoms. The highest BCUT2D eigenvalue weighted by molar-refractivity contribution is 7.97. The highest BCUT2D eigenvalue weighted by Gasteiger charge is 2.60. The Morgan fingerprint density at radius 1 is 0.778 bits per heavy atom. The van der Waals surface area contributed by atoms with Gasteiger partial charge >= 0.3 is 12.1 Å². The number of benzene rings is 3. The molecule has 6 nitrogen and oxygen atoms in total. The van der Waals surface area contributed by atoms with Crippen molar-refractivity contribution in [3.8, 4) is 5.75 Å². The number of ether oxygens (including phenoxy) is 4. The normalized spacial score (nSPS) is 25.2. The molecule has 0 N–H and O–H groups in total. The smallest absolute Gasteiger partial charge is 0.482 e. The third kappa shape index (κ3) is 7.51. The van der Waals surface area contributed by atoms with Gasteiger partial charge in [0.05, 0.1) is 17.5 Å². The van der Waals surface area contributed by atoms with Crippen LogP contribution in [0, 0.1) is 31.1 Å². The van der Waals surface area contributed by atoms with Gasteiger partial charge in [0, 0.05) is 5.41 Å². The zero-order valence-corrected chi connectivity index (χ0v) is 27.9. The lowest BCUT2D eigenvalue weighted by atomic mass is 9.48. The van der Waals surface area contributed by atoms with E-state index in [1.807, 2.05) is 32.9 Å². The monoisotopic (exact) mass is 629 g/mol. The van der Waals surface area contributed by atoms with Crippen molar-refractivity contribution in [2.45, 2.75) is 99.0 Å². The van der Waals surface area contributed by atoms with Crippen molar-refractivity contribution in [1.82, 2.24) is 0 Å². The molecule has 0 aromatic heterocycles. The third-order valence-electron chi connectivity index (χ3n) is 9.29. The van der Waals surface area contributed by atoms with Crippen LogP contribution in [0.5, 0.6) is 5.75 Å². The van der Waals surface area contributed by atoms with E-state index >= 15 is 0 Å². The molecule has 0 radical (unpaired) electrons. The van der Waals surface area contributed by atoms with E-state index in [1.165, 1.54) is 25.8 Å². The number of rotatable bonds is 9. The van der Waals surface area contributed by atoms with Gasteiger partial charge in [0.1, 0.15) is 17.0 Å². The van der Waals surface area contributed by atoms with E-state index in [4.69, 9.17) is 18.9 Å². The molecule has 2 atom stereocenters. The fourth-order valence-electron chi connectivity index (χ4n) is 7.95. The van der Waals surface area contributed by atoms with Gasteiger partial charge in [-0.1, -0.05) is 35.4 Å². The van der Waals surface area contributed by atoms with E-state index in [9.17, 15) is 9.59 Å².